The van der Waals surface area contributed by atoms with Crippen LogP contribution in [0.15, 0.2) is 78.0 Å². The molecule has 0 amide bonds. The standard InChI is InChI=1S/C22H23FN4O2.HI/c1-24-22(26-12-13-28-18-6-3-2-4-7-18)27-15-17-9-10-21(20(23)14-17)29-19-8-5-11-25-16-19;/h2-11,14,16H,12-13,15H2,1H3,(H2,24,26,27);1H. The molecule has 0 aliphatic rings. The molecule has 6 nitrogen and oxygen atoms in total. The van der Waals surface area contributed by atoms with E-state index in [-0.39, 0.29) is 29.7 Å². The normalized spacial score (nSPS) is 10.7. The summed E-state index contributed by atoms with van der Waals surface area (Å²) in [6, 6.07) is 17.9. The zero-order valence-corrected chi connectivity index (χ0v) is 18.9. The highest BCUT2D eigenvalue weighted by Crippen LogP contribution is 2.24. The average Bonchev–Trinajstić information content (AvgIpc) is 2.76. The molecule has 8 heteroatoms. The maximum Gasteiger partial charge on any atom is 0.191 e. The predicted octanol–water partition coefficient (Wildman–Crippen LogP) is 4.38. The van der Waals surface area contributed by atoms with Crippen LogP contribution in [-0.4, -0.2) is 31.1 Å². The van der Waals surface area contributed by atoms with Gasteiger partial charge in [-0.25, -0.2) is 4.39 Å². The van der Waals surface area contributed by atoms with Gasteiger partial charge in [-0.3, -0.25) is 9.98 Å². The van der Waals surface area contributed by atoms with Crippen LogP contribution in [0.1, 0.15) is 5.56 Å². The van der Waals surface area contributed by atoms with Crippen LogP contribution in [0, 0.1) is 5.82 Å². The van der Waals surface area contributed by atoms with Gasteiger partial charge < -0.3 is 20.1 Å². The van der Waals surface area contributed by atoms with Crippen molar-refractivity contribution < 1.29 is 13.9 Å². The minimum atomic E-state index is -0.438. The molecule has 1 aromatic heterocycles. The van der Waals surface area contributed by atoms with E-state index in [0.717, 1.165) is 11.3 Å². The van der Waals surface area contributed by atoms with Gasteiger partial charge in [0.15, 0.2) is 17.5 Å². The summed E-state index contributed by atoms with van der Waals surface area (Å²) in [6.07, 6.45) is 3.17. The quantitative estimate of drug-likeness (QED) is 0.199. The molecule has 0 fully saturated rings. The largest absolute Gasteiger partial charge is 0.492 e. The molecule has 1 heterocycles. The lowest BCUT2D eigenvalue weighted by Crippen LogP contribution is -2.38. The lowest BCUT2D eigenvalue weighted by molar-refractivity contribution is 0.322. The number of hydrogen-bond donors (Lipinski definition) is 2. The SMILES string of the molecule is CN=C(NCCOc1ccccc1)NCc1ccc(Oc2cccnc2)c(F)c1.I. The van der Waals surface area contributed by atoms with Gasteiger partial charge in [-0.05, 0) is 42.0 Å². The summed E-state index contributed by atoms with van der Waals surface area (Å²) < 4.78 is 25.4. The molecule has 158 valence electrons. The minimum absolute atomic E-state index is 0. The first-order chi connectivity index (χ1) is 14.2. The van der Waals surface area contributed by atoms with Crippen molar-refractivity contribution >= 4 is 29.9 Å². The van der Waals surface area contributed by atoms with Crippen LogP contribution >= 0.6 is 24.0 Å². The van der Waals surface area contributed by atoms with Crippen LogP contribution in [0.5, 0.6) is 17.2 Å². The number of benzene rings is 2. The van der Waals surface area contributed by atoms with Crippen molar-refractivity contribution in [3.05, 3.63) is 84.4 Å². The molecular formula is C22H24FIN4O2. The van der Waals surface area contributed by atoms with Crippen LogP contribution in [-0.2, 0) is 6.54 Å². The van der Waals surface area contributed by atoms with Gasteiger partial charge in [0.05, 0.1) is 12.7 Å². The Hall–Kier alpha value is -2.88. The van der Waals surface area contributed by atoms with Gasteiger partial charge in [-0.1, -0.05) is 24.3 Å². The number of para-hydroxylation sites is 1. The summed E-state index contributed by atoms with van der Waals surface area (Å²) in [7, 11) is 1.68. The fraction of sp³-hybridized carbons (Fsp3) is 0.182. The Bertz CT molecular complexity index is 927. The second-order valence-corrected chi connectivity index (χ2v) is 6.07. The van der Waals surface area contributed by atoms with Gasteiger partial charge in [0.25, 0.3) is 0 Å². The van der Waals surface area contributed by atoms with Crippen LogP contribution in [0.4, 0.5) is 4.39 Å². The van der Waals surface area contributed by atoms with Crippen molar-refractivity contribution in [2.24, 2.45) is 4.99 Å². The molecule has 2 aromatic carbocycles. The van der Waals surface area contributed by atoms with Crippen LogP contribution < -0.4 is 20.1 Å². The Morgan fingerprint density at radius 1 is 1.03 bits per heavy atom. The molecule has 0 bridgehead atoms. The van der Waals surface area contributed by atoms with Crippen molar-refractivity contribution in [3.8, 4) is 17.2 Å². The van der Waals surface area contributed by atoms with Crippen molar-refractivity contribution in [2.75, 3.05) is 20.2 Å². The molecule has 0 aliphatic carbocycles. The van der Waals surface area contributed by atoms with Crippen molar-refractivity contribution in [1.82, 2.24) is 15.6 Å². The number of rotatable bonds is 8. The van der Waals surface area contributed by atoms with E-state index >= 15 is 0 Å². The molecule has 3 aromatic rings. The maximum absolute atomic E-state index is 14.3. The zero-order valence-electron chi connectivity index (χ0n) is 16.5. The molecule has 30 heavy (non-hydrogen) atoms. The predicted molar refractivity (Wildman–Crippen MR) is 126 cm³/mol. The number of nitrogens with one attached hydrogen (secondary N) is 2. The first kappa shape index (κ1) is 23.4. The number of halogens is 2. The molecule has 2 N–H and O–H groups in total. The third kappa shape index (κ3) is 7.51. The molecule has 0 radical (unpaired) electrons. The van der Waals surface area contributed by atoms with E-state index in [2.05, 4.69) is 20.6 Å². The summed E-state index contributed by atoms with van der Waals surface area (Å²) in [5.74, 6) is 1.63. The molecule has 0 unspecified atom stereocenters. The summed E-state index contributed by atoms with van der Waals surface area (Å²) >= 11 is 0. The third-order valence-corrected chi connectivity index (χ3v) is 3.95. The Labute approximate surface area is 192 Å². The molecule has 0 saturated carbocycles. The van der Waals surface area contributed by atoms with Gasteiger partial charge in [0, 0.05) is 19.8 Å². The Kier molecular flexibility index (Phi) is 9.85. The first-order valence-corrected chi connectivity index (χ1v) is 9.23. The molecule has 0 aliphatic heterocycles. The van der Waals surface area contributed by atoms with Crippen molar-refractivity contribution in [1.29, 1.82) is 0 Å². The number of guanidine groups is 1. The van der Waals surface area contributed by atoms with E-state index in [4.69, 9.17) is 9.47 Å². The third-order valence-electron chi connectivity index (χ3n) is 3.95. The van der Waals surface area contributed by atoms with Gasteiger partial charge in [-0.2, -0.15) is 0 Å². The number of aromatic nitrogens is 1. The van der Waals surface area contributed by atoms with Gasteiger partial charge in [0.2, 0.25) is 0 Å². The summed E-state index contributed by atoms with van der Waals surface area (Å²) in [6.45, 7) is 1.50. The van der Waals surface area contributed by atoms with Gasteiger partial charge >= 0.3 is 0 Å². The fourth-order valence-corrected chi connectivity index (χ4v) is 2.53. The molecule has 0 saturated heterocycles. The van der Waals surface area contributed by atoms with Crippen LogP contribution in [0.2, 0.25) is 0 Å². The maximum atomic E-state index is 14.3. The highest BCUT2D eigenvalue weighted by molar-refractivity contribution is 14.0. The minimum Gasteiger partial charge on any atom is -0.492 e. The van der Waals surface area contributed by atoms with Gasteiger partial charge in [0.1, 0.15) is 18.1 Å². The van der Waals surface area contributed by atoms with E-state index in [1.165, 1.54) is 12.3 Å². The number of pyridine rings is 1. The van der Waals surface area contributed by atoms with Gasteiger partial charge in [-0.15, -0.1) is 24.0 Å². The van der Waals surface area contributed by atoms with E-state index < -0.39 is 5.82 Å². The summed E-state index contributed by atoms with van der Waals surface area (Å²) in [5.41, 5.74) is 0.768. The Morgan fingerprint density at radius 3 is 2.53 bits per heavy atom. The molecular weight excluding hydrogens is 498 g/mol. The fourth-order valence-electron chi connectivity index (χ4n) is 2.53. The Balaban J connectivity index is 0.00000320. The van der Waals surface area contributed by atoms with Crippen LogP contribution in [0.3, 0.4) is 0 Å². The second-order valence-electron chi connectivity index (χ2n) is 6.07. The summed E-state index contributed by atoms with van der Waals surface area (Å²) in [5, 5.41) is 6.30. The van der Waals surface area contributed by atoms with Crippen molar-refractivity contribution in [2.45, 2.75) is 6.54 Å². The molecule has 0 atom stereocenters. The first-order valence-electron chi connectivity index (χ1n) is 9.23. The highest BCUT2D eigenvalue weighted by atomic mass is 127. The monoisotopic (exact) mass is 522 g/mol. The van der Waals surface area contributed by atoms with E-state index in [0.29, 0.717) is 31.4 Å². The second kappa shape index (κ2) is 12.6. The van der Waals surface area contributed by atoms with Crippen LogP contribution in [0.25, 0.3) is 0 Å². The number of ether oxygens (including phenoxy) is 2. The lowest BCUT2D eigenvalue weighted by atomic mass is 10.2. The number of aliphatic imine (C=N–C) groups is 1. The van der Waals surface area contributed by atoms with E-state index in [9.17, 15) is 4.39 Å². The van der Waals surface area contributed by atoms with E-state index in [1.807, 2.05) is 30.3 Å². The number of hydrogen-bond acceptors (Lipinski definition) is 4. The van der Waals surface area contributed by atoms with E-state index in [1.54, 1.807) is 37.5 Å². The zero-order chi connectivity index (χ0) is 20.3. The van der Waals surface area contributed by atoms with Crippen molar-refractivity contribution in [3.63, 3.8) is 0 Å². The highest BCUT2D eigenvalue weighted by Gasteiger charge is 2.07. The topological polar surface area (TPSA) is 67.8 Å². The Morgan fingerprint density at radius 2 is 1.83 bits per heavy atom. The summed E-state index contributed by atoms with van der Waals surface area (Å²) in [4.78, 5) is 8.10. The lowest BCUT2D eigenvalue weighted by Gasteiger charge is -2.13. The number of nitrogens with zero attached hydrogens (tertiary/aromatic N) is 2. The molecule has 0 spiro atoms. The average molecular weight is 522 g/mol. The molecule has 3 rings (SSSR count). The smallest absolute Gasteiger partial charge is 0.191 e.